The minimum Gasteiger partial charge on any atom is -0.368 e. The number of amides is 5. The van der Waals surface area contributed by atoms with Crippen LogP contribution in [-0.2, 0) is 19.2 Å². The molecular weight excluding hydrogens is 492 g/mol. The second-order valence-electron chi connectivity index (χ2n) is 10.4. The van der Waals surface area contributed by atoms with E-state index in [1.54, 1.807) is 12.1 Å². The summed E-state index contributed by atoms with van der Waals surface area (Å²) in [5.41, 5.74) is 6.76. The molecule has 0 spiro atoms. The summed E-state index contributed by atoms with van der Waals surface area (Å²) in [6.07, 6.45) is 3.10. The van der Waals surface area contributed by atoms with E-state index in [0.717, 1.165) is 17.7 Å². The lowest BCUT2D eigenvalue weighted by Crippen LogP contribution is -2.59. The highest BCUT2D eigenvalue weighted by molar-refractivity contribution is 6.24. The minimum atomic E-state index is -1.01. The van der Waals surface area contributed by atoms with Crippen molar-refractivity contribution in [3.63, 3.8) is 0 Å². The number of hydrogen-bond acceptors (Lipinski definition) is 9. The first-order valence-electron chi connectivity index (χ1n) is 13.1. The Balaban J connectivity index is 1.34. The molecule has 3 saturated heterocycles. The largest absolute Gasteiger partial charge is 0.368 e. The zero-order valence-electron chi connectivity index (χ0n) is 21.0. The minimum absolute atomic E-state index is 0.0390. The van der Waals surface area contributed by atoms with Crippen molar-refractivity contribution in [3.05, 3.63) is 34.9 Å². The summed E-state index contributed by atoms with van der Waals surface area (Å²) in [7, 11) is 0. The average Bonchev–Trinajstić information content (AvgIpc) is 3.15. The number of rotatable bonds is 7. The van der Waals surface area contributed by atoms with Crippen molar-refractivity contribution in [2.45, 2.75) is 56.3 Å². The van der Waals surface area contributed by atoms with E-state index in [9.17, 15) is 28.8 Å². The molecular formula is C26H32N6O6. The van der Waals surface area contributed by atoms with E-state index in [1.807, 2.05) is 11.0 Å². The van der Waals surface area contributed by atoms with Crippen LogP contribution in [0.5, 0.6) is 0 Å². The fourth-order valence-corrected chi connectivity index (χ4v) is 6.33. The summed E-state index contributed by atoms with van der Waals surface area (Å²) in [6.45, 7) is 2.55. The number of piperidine rings is 2. The summed E-state index contributed by atoms with van der Waals surface area (Å²) < 4.78 is 0. The van der Waals surface area contributed by atoms with Crippen LogP contribution in [0.2, 0.25) is 0 Å². The third-order valence-corrected chi connectivity index (χ3v) is 8.17. The average molecular weight is 525 g/mol. The van der Waals surface area contributed by atoms with Gasteiger partial charge >= 0.3 is 0 Å². The van der Waals surface area contributed by atoms with Gasteiger partial charge in [0.05, 0.1) is 11.1 Å². The smallest absolute Gasteiger partial charge is 0.262 e. The van der Waals surface area contributed by atoms with Gasteiger partial charge in [-0.2, -0.15) is 0 Å². The second kappa shape index (κ2) is 10.7. The van der Waals surface area contributed by atoms with Gasteiger partial charge in [-0.15, -0.1) is 0 Å². The number of primary amides is 1. The van der Waals surface area contributed by atoms with Crippen LogP contribution in [0.4, 0.5) is 0 Å². The van der Waals surface area contributed by atoms with Crippen LogP contribution in [0.1, 0.15) is 64.4 Å². The summed E-state index contributed by atoms with van der Waals surface area (Å²) >= 11 is 0. The van der Waals surface area contributed by atoms with Gasteiger partial charge in [-0.1, -0.05) is 12.1 Å². The first-order valence-corrected chi connectivity index (χ1v) is 13.1. The fourth-order valence-electron chi connectivity index (χ4n) is 6.33. The Labute approximate surface area is 219 Å². The lowest BCUT2D eigenvalue weighted by molar-refractivity contribution is -0.136. The van der Waals surface area contributed by atoms with Gasteiger partial charge in [-0.25, -0.2) is 0 Å². The van der Waals surface area contributed by atoms with Gasteiger partial charge in [-0.3, -0.25) is 39.1 Å². The number of benzene rings is 1. The Kier molecular flexibility index (Phi) is 7.37. The molecule has 4 aliphatic rings. The molecule has 12 nitrogen and oxygen atoms in total. The Morgan fingerprint density at radius 2 is 1.95 bits per heavy atom. The van der Waals surface area contributed by atoms with Crippen LogP contribution in [0.3, 0.4) is 0 Å². The first kappa shape index (κ1) is 26.1. The van der Waals surface area contributed by atoms with E-state index < -0.39 is 41.6 Å². The molecule has 0 aliphatic carbocycles. The molecule has 12 heteroatoms. The van der Waals surface area contributed by atoms with E-state index in [1.165, 1.54) is 0 Å². The number of fused-ring (bicyclic) bond motifs is 1. The molecule has 202 valence electrons. The maximum atomic E-state index is 13.5. The highest BCUT2D eigenvalue weighted by atomic mass is 16.2. The molecule has 5 unspecified atom stereocenters. The van der Waals surface area contributed by atoms with E-state index in [0.29, 0.717) is 50.0 Å². The number of carbonyl (C=O) groups is 6. The quantitative estimate of drug-likeness (QED) is 0.195. The SMILES string of the molecule is NC(=O)C(C=O)N1CCNCC1CC1CCNC(c2cccc3c2C(=O)N(C2CCC(=O)NC2=O)C3=O)C1. The highest BCUT2D eigenvalue weighted by Gasteiger charge is 2.46. The van der Waals surface area contributed by atoms with Gasteiger partial charge in [0, 0.05) is 38.1 Å². The van der Waals surface area contributed by atoms with Gasteiger partial charge in [0.15, 0.2) is 0 Å². The molecule has 5 amide bonds. The van der Waals surface area contributed by atoms with Gasteiger partial charge < -0.3 is 21.2 Å². The highest BCUT2D eigenvalue weighted by Crippen LogP contribution is 2.37. The number of hydrogen-bond donors (Lipinski definition) is 4. The number of carbonyl (C=O) groups excluding carboxylic acids is 6. The third kappa shape index (κ3) is 4.74. The maximum absolute atomic E-state index is 13.5. The maximum Gasteiger partial charge on any atom is 0.262 e. The molecule has 1 aromatic carbocycles. The number of aldehydes is 1. The molecule has 4 heterocycles. The lowest BCUT2D eigenvalue weighted by Gasteiger charge is -2.41. The van der Waals surface area contributed by atoms with E-state index in [-0.39, 0.29) is 36.4 Å². The van der Waals surface area contributed by atoms with Crippen molar-refractivity contribution in [2.75, 3.05) is 26.2 Å². The molecule has 0 bridgehead atoms. The van der Waals surface area contributed by atoms with Crippen LogP contribution in [-0.4, -0.2) is 89.9 Å². The van der Waals surface area contributed by atoms with E-state index in [2.05, 4.69) is 16.0 Å². The van der Waals surface area contributed by atoms with Crippen molar-refractivity contribution in [1.29, 1.82) is 0 Å². The van der Waals surface area contributed by atoms with Crippen LogP contribution in [0.15, 0.2) is 18.2 Å². The van der Waals surface area contributed by atoms with E-state index in [4.69, 9.17) is 5.73 Å². The Hall–Kier alpha value is -3.48. The molecule has 0 aromatic heterocycles. The van der Waals surface area contributed by atoms with Crippen LogP contribution >= 0.6 is 0 Å². The summed E-state index contributed by atoms with van der Waals surface area (Å²) in [6, 6.07) is 2.97. The lowest BCUT2D eigenvalue weighted by atomic mass is 9.82. The van der Waals surface area contributed by atoms with Gasteiger partial charge in [0.25, 0.3) is 11.8 Å². The Morgan fingerprint density at radius 3 is 2.68 bits per heavy atom. The van der Waals surface area contributed by atoms with Crippen LogP contribution in [0, 0.1) is 5.92 Å². The van der Waals surface area contributed by atoms with Gasteiger partial charge in [0.2, 0.25) is 17.7 Å². The molecule has 38 heavy (non-hydrogen) atoms. The van der Waals surface area contributed by atoms with Crippen molar-refractivity contribution in [1.82, 2.24) is 25.8 Å². The second-order valence-corrected chi connectivity index (χ2v) is 10.4. The number of nitrogens with zero attached hydrogens (tertiary/aromatic N) is 2. The first-order chi connectivity index (χ1) is 18.3. The van der Waals surface area contributed by atoms with Crippen molar-refractivity contribution in [2.24, 2.45) is 11.7 Å². The van der Waals surface area contributed by atoms with E-state index >= 15 is 0 Å². The normalized spacial score (nSPS) is 29.1. The van der Waals surface area contributed by atoms with Crippen molar-refractivity contribution in [3.8, 4) is 0 Å². The standard InChI is InChI=1S/C26H32N6O6/c27-23(35)20(13-33)31-9-8-28-12-15(31)10-14-6-7-29-18(11-14)16-2-1-3-17-22(16)26(38)32(25(17)37)19-4-5-21(34)30-24(19)36/h1-3,13-15,18-20,28-29H,4-12H2,(H2,27,35)(H,30,34,36). The predicted molar refractivity (Wildman–Crippen MR) is 134 cm³/mol. The predicted octanol–water partition coefficient (Wildman–Crippen LogP) is -1.15. The molecule has 0 saturated carbocycles. The van der Waals surface area contributed by atoms with Crippen LogP contribution in [0.25, 0.3) is 0 Å². The summed E-state index contributed by atoms with van der Waals surface area (Å²) in [5, 5.41) is 9.03. The fraction of sp³-hybridized carbons (Fsp3) is 0.538. The van der Waals surface area contributed by atoms with Crippen LogP contribution < -0.4 is 21.7 Å². The Bertz CT molecular complexity index is 1190. The Morgan fingerprint density at radius 1 is 1.13 bits per heavy atom. The number of imide groups is 2. The number of nitrogens with one attached hydrogen (secondary N) is 3. The third-order valence-electron chi connectivity index (χ3n) is 8.17. The zero-order chi connectivity index (χ0) is 27.0. The van der Waals surface area contributed by atoms with Gasteiger partial charge in [0.1, 0.15) is 18.4 Å². The molecule has 3 fully saturated rings. The molecule has 5 atom stereocenters. The molecule has 1 aromatic rings. The number of nitrogens with two attached hydrogens (primary N) is 1. The summed E-state index contributed by atoms with van der Waals surface area (Å²) in [4.78, 5) is 77.1. The molecule has 5 rings (SSSR count). The zero-order valence-corrected chi connectivity index (χ0v) is 21.0. The monoisotopic (exact) mass is 524 g/mol. The molecule has 0 radical (unpaired) electrons. The van der Waals surface area contributed by atoms with Gasteiger partial charge in [-0.05, 0) is 49.8 Å². The molecule has 4 aliphatic heterocycles. The topological polar surface area (TPSA) is 171 Å². The van der Waals surface area contributed by atoms with Crippen molar-refractivity contribution < 1.29 is 28.8 Å². The summed E-state index contributed by atoms with van der Waals surface area (Å²) in [5.74, 6) is -2.51. The molecule has 5 N–H and O–H groups in total. The van der Waals surface area contributed by atoms with Crippen molar-refractivity contribution >= 4 is 35.8 Å². The number of piperazine rings is 1.